The van der Waals surface area contributed by atoms with Crippen molar-refractivity contribution in [1.82, 2.24) is 5.32 Å². The SMILES string of the molecule is CC1Cc2c(F)cccc2C(=O)N1. The standard InChI is InChI=1S/C10H10FNO/c1-6-5-8-7(10(13)12-6)3-2-4-9(8)11/h2-4,6H,5H2,1H3,(H,12,13). The first-order valence-corrected chi connectivity index (χ1v) is 4.26. The van der Waals surface area contributed by atoms with E-state index in [0.717, 1.165) is 0 Å². The molecule has 13 heavy (non-hydrogen) atoms. The fourth-order valence-electron chi connectivity index (χ4n) is 1.64. The van der Waals surface area contributed by atoms with E-state index in [9.17, 15) is 9.18 Å². The summed E-state index contributed by atoms with van der Waals surface area (Å²) < 4.78 is 13.2. The molecule has 0 bridgehead atoms. The van der Waals surface area contributed by atoms with Crippen LogP contribution >= 0.6 is 0 Å². The van der Waals surface area contributed by atoms with E-state index in [1.54, 1.807) is 12.1 Å². The molecule has 2 rings (SSSR count). The van der Waals surface area contributed by atoms with E-state index in [1.165, 1.54) is 6.07 Å². The average Bonchev–Trinajstić information content (AvgIpc) is 2.07. The van der Waals surface area contributed by atoms with Crippen LogP contribution in [0.2, 0.25) is 0 Å². The lowest BCUT2D eigenvalue weighted by atomic mass is 9.96. The van der Waals surface area contributed by atoms with Crippen LogP contribution in [0.25, 0.3) is 0 Å². The molecule has 0 saturated carbocycles. The van der Waals surface area contributed by atoms with Gasteiger partial charge in [0.05, 0.1) is 0 Å². The lowest BCUT2D eigenvalue weighted by Gasteiger charge is -2.22. The number of carbonyl (C=O) groups is 1. The zero-order valence-corrected chi connectivity index (χ0v) is 7.30. The Labute approximate surface area is 75.8 Å². The number of benzene rings is 1. The van der Waals surface area contributed by atoms with Gasteiger partial charge in [-0.15, -0.1) is 0 Å². The highest BCUT2D eigenvalue weighted by Gasteiger charge is 2.23. The van der Waals surface area contributed by atoms with Crippen LogP contribution in [0.5, 0.6) is 0 Å². The van der Waals surface area contributed by atoms with Gasteiger partial charge in [-0.25, -0.2) is 4.39 Å². The number of rotatable bonds is 0. The Balaban J connectivity index is 2.55. The van der Waals surface area contributed by atoms with Crippen molar-refractivity contribution in [2.45, 2.75) is 19.4 Å². The summed E-state index contributed by atoms with van der Waals surface area (Å²) in [6.45, 7) is 1.87. The normalized spacial score (nSPS) is 20.8. The third-order valence-electron chi connectivity index (χ3n) is 2.25. The van der Waals surface area contributed by atoms with Gasteiger partial charge < -0.3 is 5.32 Å². The number of hydrogen-bond acceptors (Lipinski definition) is 1. The van der Waals surface area contributed by atoms with Crippen LogP contribution in [0.3, 0.4) is 0 Å². The molecular weight excluding hydrogens is 169 g/mol. The number of nitrogens with one attached hydrogen (secondary N) is 1. The summed E-state index contributed by atoms with van der Waals surface area (Å²) in [6, 6.07) is 4.63. The number of hydrogen-bond donors (Lipinski definition) is 1. The second-order valence-corrected chi connectivity index (χ2v) is 3.34. The molecule has 0 aliphatic carbocycles. The molecule has 3 heteroatoms. The first-order valence-electron chi connectivity index (χ1n) is 4.26. The van der Waals surface area contributed by atoms with Gasteiger partial charge >= 0.3 is 0 Å². The Bertz CT molecular complexity index is 362. The van der Waals surface area contributed by atoms with Crippen molar-refractivity contribution in [3.8, 4) is 0 Å². The molecule has 1 atom stereocenters. The Morgan fingerprint density at radius 2 is 2.31 bits per heavy atom. The summed E-state index contributed by atoms with van der Waals surface area (Å²) in [4.78, 5) is 11.4. The zero-order chi connectivity index (χ0) is 9.42. The van der Waals surface area contributed by atoms with Crippen LogP contribution in [-0.4, -0.2) is 11.9 Å². The molecule has 0 fully saturated rings. The van der Waals surface area contributed by atoms with E-state index in [4.69, 9.17) is 0 Å². The van der Waals surface area contributed by atoms with Crippen molar-refractivity contribution in [3.05, 3.63) is 35.1 Å². The molecule has 1 aliphatic rings. The van der Waals surface area contributed by atoms with Crippen LogP contribution in [0.1, 0.15) is 22.8 Å². The van der Waals surface area contributed by atoms with Crippen molar-refractivity contribution < 1.29 is 9.18 Å². The predicted octanol–water partition coefficient (Wildman–Crippen LogP) is 1.50. The van der Waals surface area contributed by atoms with Crippen LogP contribution in [0.4, 0.5) is 4.39 Å². The van der Waals surface area contributed by atoms with Crippen molar-refractivity contribution in [2.24, 2.45) is 0 Å². The molecule has 1 aromatic rings. The summed E-state index contributed by atoms with van der Waals surface area (Å²) in [5.74, 6) is -0.451. The van der Waals surface area contributed by atoms with E-state index in [0.29, 0.717) is 17.5 Å². The summed E-state index contributed by atoms with van der Waals surface area (Å²) in [5.41, 5.74) is 1.01. The lowest BCUT2D eigenvalue weighted by Crippen LogP contribution is -2.39. The Hall–Kier alpha value is -1.38. The maximum atomic E-state index is 13.2. The predicted molar refractivity (Wildman–Crippen MR) is 47.0 cm³/mol. The minimum Gasteiger partial charge on any atom is -0.349 e. The number of halogens is 1. The largest absolute Gasteiger partial charge is 0.349 e. The average molecular weight is 179 g/mol. The van der Waals surface area contributed by atoms with Gasteiger partial charge in [0, 0.05) is 17.2 Å². The van der Waals surface area contributed by atoms with Gasteiger partial charge in [-0.3, -0.25) is 4.79 Å². The topological polar surface area (TPSA) is 29.1 Å². The second-order valence-electron chi connectivity index (χ2n) is 3.34. The van der Waals surface area contributed by atoms with Gasteiger partial charge in [-0.1, -0.05) is 6.07 Å². The molecule has 0 spiro atoms. The first-order chi connectivity index (χ1) is 6.18. The quantitative estimate of drug-likeness (QED) is 0.642. The molecule has 68 valence electrons. The van der Waals surface area contributed by atoms with Gasteiger partial charge in [0.2, 0.25) is 0 Å². The fraction of sp³-hybridized carbons (Fsp3) is 0.300. The summed E-state index contributed by atoms with van der Waals surface area (Å²) in [6.07, 6.45) is 0.577. The zero-order valence-electron chi connectivity index (χ0n) is 7.30. The van der Waals surface area contributed by atoms with Crippen LogP contribution in [0.15, 0.2) is 18.2 Å². The Kier molecular flexibility index (Phi) is 1.79. The first kappa shape index (κ1) is 8.23. The minimum absolute atomic E-state index is 0.0249. The highest BCUT2D eigenvalue weighted by atomic mass is 19.1. The van der Waals surface area contributed by atoms with E-state index in [-0.39, 0.29) is 17.8 Å². The molecule has 1 N–H and O–H groups in total. The summed E-state index contributed by atoms with van der Waals surface area (Å²) >= 11 is 0. The molecular formula is C10H10FNO. The van der Waals surface area contributed by atoms with Gasteiger partial charge in [0.1, 0.15) is 5.82 Å². The van der Waals surface area contributed by atoms with Gasteiger partial charge in [-0.05, 0) is 25.5 Å². The molecule has 2 nitrogen and oxygen atoms in total. The minimum atomic E-state index is -0.279. The van der Waals surface area contributed by atoms with Gasteiger partial charge in [-0.2, -0.15) is 0 Å². The molecule has 1 aromatic carbocycles. The van der Waals surface area contributed by atoms with E-state index in [1.807, 2.05) is 6.92 Å². The molecule has 1 unspecified atom stereocenters. The van der Waals surface area contributed by atoms with Crippen molar-refractivity contribution in [3.63, 3.8) is 0 Å². The van der Waals surface area contributed by atoms with Gasteiger partial charge in [0.15, 0.2) is 0 Å². The monoisotopic (exact) mass is 179 g/mol. The highest BCUT2D eigenvalue weighted by molar-refractivity contribution is 5.97. The van der Waals surface area contributed by atoms with Crippen LogP contribution in [-0.2, 0) is 6.42 Å². The molecule has 1 aliphatic heterocycles. The maximum absolute atomic E-state index is 13.2. The van der Waals surface area contributed by atoms with Crippen molar-refractivity contribution in [1.29, 1.82) is 0 Å². The molecule has 0 radical (unpaired) electrons. The van der Waals surface area contributed by atoms with Crippen LogP contribution < -0.4 is 5.32 Å². The van der Waals surface area contributed by atoms with E-state index < -0.39 is 0 Å². The number of carbonyl (C=O) groups excluding carboxylic acids is 1. The van der Waals surface area contributed by atoms with Gasteiger partial charge in [0.25, 0.3) is 5.91 Å². The van der Waals surface area contributed by atoms with E-state index in [2.05, 4.69) is 5.32 Å². The second kappa shape index (κ2) is 2.83. The van der Waals surface area contributed by atoms with Crippen LogP contribution in [0, 0.1) is 5.82 Å². The smallest absolute Gasteiger partial charge is 0.251 e. The molecule has 0 saturated heterocycles. The summed E-state index contributed by atoms with van der Waals surface area (Å²) in [7, 11) is 0. The lowest BCUT2D eigenvalue weighted by molar-refractivity contribution is 0.0928. The number of fused-ring (bicyclic) bond motifs is 1. The highest BCUT2D eigenvalue weighted by Crippen LogP contribution is 2.19. The van der Waals surface area contributed by atoms with Crippen molar-refractivity contribution in [2.75, 3.05) is 0 Å². The third-order valence-corrected chi connectivity index (χ3v) is 2.25. The van der Waals surface area contributed by atoms with E-state index >= 15 is 0 Å². The van der Waals surface area contributed by atoms with Crippen molar-refractivity contribution >= 4 is 5.91 Å². The molecule has 1 amide bonds. The molecule has 0 aromatic heterocycles. The fourth-order valence-corrected chi connectivity index (χ4v) is 1.64. The third kappa shape index (κ3) is 1.30. The maximum Gasteiger partial charge on any atom is 0.251 e. The Morgan fingerprint density at radius 1 is 1.54 bits per heavy atom. The Morgan fingerprint density at radius 3 is 3.08 bits per heavy atom. The molecule has 1 heterocycles. The summed E-state index contributed by atoms with van der Waals surface area (Å²) in [5, 5.41) is 2.76. The number of amides is 1.